The quantitative estimate of drug-likeness (QED) is 0.794. The minimum absolute atomic E-state index is 0.390. The van der Waals surface area contributed by atoms with E-state index >= 15 is 0 Å². The molecule has 0 radical (unpaired) electrons. The van der Waals surface area contributed by atoms with Gasteiger partial charge in [-0.15, -0.1) is 0 Å². The van der Waals surface area contributed by atoms with Crippen molar-refractivity contribution in [1.82, 2.24) is 10.2 Å². The van der Waals surface area contributed by atoms with Crippen LogP contribution in [0.5, 0.6) is 0 Å². The molecule has 17 heavy (non-hydrogen) atoms. The normalized spacial score (nSPS) is 32.1. The van der Waals surface area contributed by atoms with Crippen molar-refractivity contribution < 1.29 is 0 Å². The highest BCUT2D eigenvalue weighted by atomic mass is 15.2. The molecular weight excluding hydrogens is 208 g/mol. The average Bonchev–Trinajstić information content (AvgIpc) is 2.25. The highest BCUT2D eigenvalue weighted by Crippen LogP contribution is 2.35. The Morgan fingerprint density at radius 2 is 1.94 bits per heavy atom. The summed E-state index contributed by atoms with van der Waals surface area (Å²) in [6, 6.07) is 0.615. The van der Waals surface area contributed by atoms with Crippen LogP contribution in [0.3, 0.4) is 0 Å². The van der Waals surface area contributed by atoms with Crippen LogP contribution < -0.4 is 5.32 Å². The lowest BCUT2D eigenvalue weighted by Crippen LogP contribution is -2.55. The summed E-state index contributed by atoms with van der Waals surface area (Å²) in [5.41, 5.74) is 0.390. The first-order valence-electron chi connectivity index (χ1n) is 7.28. The van der Waals surface area contributed by atoms with Gasteiger partial charge in [-0.05, 0) is 45.7 Å². The second-order valence-corrected chi connectivity index (χ2v) is 6.73. The number of rotatable bonds is 5. The van der Waals surface area contributed by atoms with Gasteiger partial charge in [0.2, 0.25) is 0 Å². The van der Waals surface area contributed by atoms with Gasteiger partial charge < -0.3 is 10.2 Å². The van der Waals surface area contributed by atoms with Gasteiger partial charge in [0.1, 0.15) is 0 Å². The standard InChI is InChI=1S/C15H32N2/c1-12(2)14(4)16-11-15(17(5)6)9-7-8-13(3)10-15/h12-14,16H,7-11H2,1-6H3. The highest BCUT2D eigenvalue weighted by molar-refractivity contribution is 4.95. The number of hydrogen-bond acceptors (Lipinski definition) is 2. The largest absolute Gasteiger partial charge is 0.312 e. The monoisotopic (exact) mass is 240 g/mol. The summed E-state index contributed by atoms with van der Waals surface area (Å²) in [6.45, 7) is 10.4. The molecule has 3 unspecified atom stereocenters. The molecular formula is C15H32N2. The fraction of sp³-hybridized carbons (Fsp3) is 1.00. The molecule has 2 heteroatoms. The van der Waals surface area contributed by atoms with Crippen LogP contribution in [-0.2, 0) is 0 Å². The summed E-state index contributed by atoms with van der Waals surface area (Å²) in [7, 11) is 4.50. The Morgan fingerprint density at radius 3 is 2.41 bits per heavy atom. The molecule has 0 amide bonds. The van der Waals surface area contributed by atoms with Crippen molar-refractivity contribution >= 4 is 0 Å². The fourth-order valence-corrected chi connectivity index (χ4v) is 2.94. The Hall–Kier alpha value is -0.0800. The fourth-order valence-electron chi connectivity index (χ4n) is 2.94. The molecule has 1 saturated carbocycles. The van der Waals surface area contributed by atoms with Crippen molar-refractivity contribution in [3.8, 4) is 0 Å². The molecule has 0 aromatic rings. The van der Waals surface area contributed by atoms with Gasteiger partial charge in [-0.1, -0.05) is 33.6 Å². The minimum Gasteiger partial charge on any atom is -0.312 e. The van der Waals surface area contributed by atoms with Gasteiger partial charge in [0.25, 0.3) is 0 Å². The van der Waals surface area contributed by atoms with E-state index in [1.807, 2.05) is 0 Å². The summed E-state index contributed by atoms with van der Waals surface area (Å²) in [4.78, 5) is 2.46. The second-order valence-electron chi connectivity index (χ2n) is 6.73. The molecule has 0 heterocycles. The topological polar surface area (TPSA) is 15.3 Å². The zero-order chi connectivity index (χ0) is 13.1. The van der Waals surface area contributed by atoms with Gasteiger partial charge >= 0.3 is 0 Å². The van der Waals surface area contributed by atoms with Crippen LogP contribution in [0.2, 0.25) is 0 Å². The van der Waals surface area contributed by atoms with E-state index in [0.717, 1.165) is 18.4 Å². The molecule has 0 spiro atoms. The Labute approximate surface area is 108 Å². The molecule has 1 aliphatic carbocycles. The first kappa shape index (κ1) is 15.0. The van der Waals surface area contributed by atoms with E-state index in [0.29, 0.717) is 11.6 Å². The summed E-state index contributed by atoms with van der Waals surface area (Å²) in [5.74, 6) is 1.59. The Kier molecular flexibility index (Phi) is 5.46. The third-order valence-electron chi connectivity index (χ3n) is 4.77. The maximum Gasteiger partial charge on any atom is 0.0330 e. The molecule has 1 fully saturated rings. The van der Waals surface area contributed by atoms with Crippen LogP contribution in [0.25, 0.3) is 0 Å². The van der Waals surface area contributed by atoms with Gasteiger partial charge in [-0.25, -0.2) is 0 Å². The molecule has 0 saturated heterocycles. The van der Waals surface area contributed by atoms with Crippen LogP contribution in [0, 0.1) is 11.8 Å². The van der Waals surface area contributed by atoms with Gasteiger partial charge in [-0.3, -0.25) is 0 Å². The molecule has 0 aliphatic heterocycles. The Morgan fingerprint density at radius 1 is 1.29 bits per heavy atom. The number of hydrogen-bond donors (Lipinski definition) is 1. The summed E-state index contributed by atoms with van der Waals surface area (Å²) < 4.78 is 0. The third-order valence-corrected chi connectivity index (χ3v) is 4.77. The van der Waals surface area contributed by atoms with E-state index in [-0.39, 0.29) is 0 Å². The SMILES string of the molecule is CC1CCCC(CNC(C)C(C)C)(N(C)C)C1. The molecule has 2 nitrogen and oxygen atoms in total. The lowest BCUT2D eigenvalue weighted by molar-refractivity contribution is 0.0712. The predicted octanol–water partition coefficient (Wildman–Crippen LogP) is 3.13. The van der Waals surface area contributed by atoms with Crippen LogP contribution in [-0.4, -0.2) is 37.1 Å². The van der Waals surface area contributed by atoms with Gasteiger partial charge in [0.05, 0.1) is 0 Å². The third kappa shape index (κ3) is 3.96. The van der Waals surface area contributed by atoms with Gasteiger partial charge in [0, 0.05) is 18.1 Å². The lowest BCUT2D eigenvalue weighted by atomic mass is 9.75. The van der Waals surface area contributed by atoms with Crippen LogP contribution >= 0.6 is 0 Å². The maximum absolute atomic E-state index is 3.75. The molecule has 1 rings (SSSR count). The van der Waals surface area contributed by atoms with Crippen molar-refractivity contribution in [3.05, 3.63) is 0 Å². The van der Waals surface area contributed by atoms with Crippen LogP contribution in [0.4, 0.5) is 0 Å². The summed E-state index contributed by atoms with van der Waals surface area (Å²) in [5, 5.41) is 3.75. The van der Waals surface area contributed by atoms with Crippen molar-refractivity contribution in [2.75, 3.05) is 20.6 Å². The number of nitrogens with one attached hydrogen (secondary N) is 1. The van der Waals surface area contributed by atoms with Crippen molar-refractivity contribution in [1.29, 1.82) is 0 Å². The molecule has 102 valence electrons. The predicted molar refractivity (Wildman–Crippen MR) is 76.4 cm³/mol. The maximum atomic E-state index is 3.75. The lowest BCUT2D eigenvalue weighted by Gasteiger charge is -2.46. The Bertz CT molecular complexity index is 225. The van der Waals surface area contributed by atoms with Crippen molar-refractivity contribution in [2.45, 2.75) is 65.0 Å². The van der Waals surface area contributed by atoms with Gasteiger partial charge in [0.15, 0.2) is 0 Å². The number of nitrogens with zero attached hydrogens (tertiary/aromatic N) is 1. The Balaban J connectivity index is 2.59. The van der Waals surface area contributed by atoms with Crippen LogP contribution in [0.15, 0.2) is 0 Å². The van der Waals surface area contributed by atoms with Crippen molar-refractivity contribution in [3.63, 3.8) is 0 Å². The van der Waals surface area contributed by atoms with E-state index in [2.05, 4.69) is 52.0 Å². The molecule has 1 N–H and O–H groups in total. The number of likely N-dealkylation sites (N-methyl/N-ethyl adjacent to an activating group) is 1. The minimum atomic E-state index is 0.390. The summed E-state index contributed by atoms with van der Waals surface area (Å²) in [6.07, 6.45) is 5.49. The first-order valence-corrected chi connectivity index (χ1v) is 7.28. The smallest absolute Gasteiger partial charge is 0.0330 e. The van der Waals surface area contributed by atoms with E-state index in [1.165, 1.54) is 25.7 Å². The van der Waals surface area contributed by atoms with E-state index in [9.17, 15) is 0 Å². The molecule has 0 aromatic heterocycles. The molecule has 3 atom stereocenters. The summed E-state index contributed by atoms with van der Waals surface area (Å²) >= 11 is 0. The van der Waals surface area contributed by atoms with Crippen LogP contribution in [0.1, 0.15) is 53.4 Å². The second kappa shape index (κ2) is 6.19. The molecule has 1 aliphatic rings. The first-order chi connectivity index (χ1) is 7.87. The van der Waals surface area contributed by atoms with Crippen molar-refractivity contribution in [2.24, 2.45) is 11.8 Å². The molecule has 0 aromatic carbocycles. The van der Waals surface area contributed by atoms with E-state index < -0.39 is 0 Å². The highest BCUT2D eigenvalue weighted by Gasteiger charge is 2.36. The van der Waals surface area contributed by atoms with E-state index in [4.69, 9.17) is 0 Å². The van der Waals surface area contributed by atoms with E-state index in [1.54, 1.807) is 0 Å². The zero-order valence-corrected chi connectivity index (χ0v) is 12.7. The average molecular weight is 240 g/mol. The van der Waals surface area contributed by atoms with Gasteiger partial charge in [-0.2, -0.15) is 0 Å². The zero-order valence-electron chi connectivity index (χ0n) is 12.7. The molecule has 0 bridgehead atoms.